The molecule has 9 aromatic carbocycles. The van der Waals surface area contributed by atoms with Gasteiger partial charge < -0.3 is 13.7 Å². The number of furan rings is 2. The van der Waals surface area contributed by atoms with Gasteiger partial charge in [-0.05, 0) is 111 Å². The van der Waals surface area contributed by atoms with Crippen LogP contribution in [0.3, 0.4) is 0 Å². The molecule has 53 heavy (non-hydrogen) atoms. The first-order valence-electron chi connectivity index (χ1n) is 18.0. The van der Waals surface area contributed by atoms with Crippen molar-refractivity contribution in [1.82, 2.24) is 0 Å². The molecule has 0 amide bonds. The Hall–Kier alpha value is -7.10. The second kappa shape index (κ2) is 11.7. The van der Waals surface area contributed by atoms with Gasteiger partial charge in [0, 0.05) is 44.7 Å². The van der Waals surface area contributed by atoms with E-state index in [2.05, 4.69) is 169 Å². The van der Waals surface area contributed by atoms with Crippen molar-refractivity contribution in [3.8, 4) is 22.3 Å². The van der Waals surface area contributed by atoms with Crippen LogP contribution in [-0.4, -0.2) is 0 Å². The first-order chi connectivity index (χ1) is 26.2. The quantitative estimate of drug-likeness (QED) is 0.170. The summed E-state index contributed by atoms with van der Waals surface area (Å²) in [5.41, 5.74) is 11.5. The first kappa shape index (κ1) is 29.6. The molecule has 0 aliphatic carbocycles. The highest BCUT2D eigenvalue weighted by molar-refractivity contribution is 6.16. The van der Waals surface area contributed by atoms with Crippen LogP contribution in [0.2, 0.25) is 0 Å². The summed E-state index contributed by atoms with van der Waals surface area (Å²) in [5.74, 6) is 0. The molecule has 0 fully saturated rings. The van der Waals surface area contributed by atoms with Crippen LogP contribution < -0.4 is 4.90 Å². The fourth-order valence-electron chi connectivity index (χ4n) is 8.00. The number of hydrogen-bond donors (Lipinski definition) is 0. The molecule has 248 valence electrons. The lowest BCUT2D eigenvalue weighted by molar-refractivity contribution is 0.669. The predicted molar refractivity (Wildman–Crippen MR) is 222 cm³/mol. The SMILES string of the molecule is c1ccc(-c2ccc(N(c3ccc(-c4ccc5c(ccc6cc7c(cc65)oc5ccccc57)c4)cc3)c3ccc4c(c3)oc3ccccc34)cc2)cc1. The Bertz CT molecular complexity index is 3150. The van der Waals surface area contributed by atoms with E-state index in [1.807, 2.05) is 24.3 Å². The molecule has 2 aromatic heterocycles. The maximum Gasteiger partial charge on any atom is 0.137 e. The van der Waals surface area contributed by atoms with Gasteiger partial charge in [-0.2, -0.15) is 0 Å². The summed E-state index contributed by atoms with van der Waals surface area (Å²) in [7, 11) is 0. The van der Waals surface area contributed by atoms with E-state index in [9.17, 15) is 0 Å². The number of para-hydroxylation sites is 2. The molecule has 2 heterocycles. The fourth-order valence-corrected chi connectivity index (χ4v) is 8.00. The third-order valence-electron chi connectivity index (χ3n) is 10.6. The van der Waals surface area contributed by atoms with Crippen LogP contribution >= 0.6 is 0 Å². The van der Waals surface area contributed by atoms with Crippen LogP contribution in [0.5, 0.6) is 0 Å². The van der Waals surface area contributed by atoms with Crippen LogP contribution in [0.1, 0.15) is 0 Å². The van der Waals surface area contributed by atoms with E-state index in [0.717, 1.165) is 66.5 Å². The average molecular weight is 678 g/mol. The lowest BCUT2D eigenvalue weighted by atomic mass is 9.96. The van der Waals surface area contributed by atoms with Crippen molar-refractivity contribution in [2.75, 3.05) is 4.90 Å². The molecule has 0 N–H and O–H groups in total. The van der Waals surface area contributed by atoms with Crippen molar-refractivity contribution < 1.29 is 8.83 Å². The van der Waals surface area contributed by atoms with E-state index in [1.54, 1.807) is 0 Å². The van der Waals surface area contributed by atoms with Gasteiger partial charge >= 0.3 is 0 Å². The molecule has 3 nitrogen and oxygen atoms in total. The van der Waals surface area contributed by atoms with Crippen LogP contribution in [0.25, 0.3) is 87.7 Å². The van der Waals surface area contributed by atoms with E-state index in [0.29, 0.717) is 0 Å². The van der Waals surface area contributed by atoms with Crippen molar-refractivity contribution in [1.29, 1.82) is 0 Å². The molecule has 0 aliphatic rings. The number of rotatable bonds is 5. The zero-order valence-corrected chi connectivity index (χ0v) is 28.7. The van der Waals surface area contributed by atoms with Crippen LogP contribution in [0.15, 0.2) is 197 Å². The van der Waals surface area contributed by atoms with Crippen molar-refractivity contribution in [2.24, 2.45) is 0 Å². The summed E-state index contributed by atoms with van der Waals surface area (Å²) >= 11 is 0. The van der Waals surface area contributed by atoms with Gasteiger partial charge in [0.15, 0.2) is 0 Å². The normalized spacial score (nSPS) is 11.8. The predicted octanol–water partition coefficient (Wildman–Crippen LogP) is 14.6. The van der Waals surface area contributed by atoms with Crippen molar-refractivity contribution >= 4 is 82.5 Å². The lowest BCUT2D eigenvalue weighted by Gasteiger charge is -2.26. The maximum atomic E-state index is 6.33. The summed E-state index contributed by atoms with van der Waals surface area (Å²) in [4.78, 5) is 2.30. The van der Waals surface area contributed by atoms with Gasteiger partial charge in [0.1, 0.15) is 22.3 Å². The standard InChI is InChI=1S/C50H31NO2/c1-2-8-32(9-3-1)33-16-21-38(22-17-33)51(40-25-27-44-42-10-4-6-12-47(42)52-49(44)30-40)39-23-18-34(19-24-39)35-20-26-41-36(28-35)14-15-37-29-46-43-11-5-7-13-48(43)53-50(46)31-45(37)41/h1-31H. The van der Waals surface area contributed by atoms with E-state index in [-0.39, 0.29) is 0 Å². The van der Waals surface area contributed by atoms with Gasteiger partial charge in [-0.25, -0.2) is 0 Å². The van der Waals surface area contributed by atoms with Crippen molar-refractivity contribution in [2.45, 2.75) is 0 Å². The minimum atomic E-state index is 0.871. The van der Waals surface area contributed by atoms with E-state index in [4.69, 9.17) is 8.83 Å². The van der Waals surface area contributed by atoms with Gasteiger partial charge in [0.05, 0.1) is 0 Å². The molecule has 0 radical (unpaired) electrons. The van der Waals surface area contributed by atoms with E-state index < -0.39 is 0 Å². The summed E-state index contributed by atoms with van der Waals surface area (Å²) < 4.78 is 12.6. The average Bonchev–Trinajstić information content (AvgIpc) is 3.78. The third kappa shape index (κ3) is 4.90. The van der Waals surface area contributed by atoms with Crippen molar-refractivity contribution in [3.05, 3.63) is 188 Å². The van der Waals surface area contributed by atoms with Gasteiger partial charge in [-0.15, -0.1) is 0 Å². The molecule has 0 aliphatic heterocycles. The zero-order valence-electron chi connectivity index (χ0n) is 28.7. The summed E-state index contributed by atoms with van der Waals surface area (Å²) in [5, 5.41) is 9.39. The molecular weight excluding hydrogens is 647 g/mol. The number of benzene rings is 9. The van der Waals surface area contributed by atoms with Gasteiger partial charge in [-0.1, -0.05) is 115 Å². The molecule has 0 spiro atoms. The molecule has 0 saturated carbocycles. The number of hydrogen-bond acceptors (Lipinski definition) is 3. The Morgan fingerprint density at radius 1 is 0.264 bits per heavy atom. The topological polar surface area (TPSA) is 29.5 Å². The molecule has 0 saturated heterocycles. The number of nitrogens with zero attached hydrogens (tertiary/aromatic N) is 1. The monoisotopic (exact) mass is 677 g/mol. The Balaban J connectivity index is 0.983. The molecule has 0 bridgehead atoms. The van der Waals surface area contributed by atoms with E-state index >= 15 is 0 Å². The molecule has 11 aromatic rings. The number of fused-ring (bicyclic) bond motifs is 9. The van der Waals surface area contributed by atoms with E-state index in [1.165, 1.54) is 38.2 Å². The lowest BCUT2D eigenvalue weighted by Crippen LogP contribution is -2.09. The van der Waals surface area contributed by atoms with Gasteiger partial charge in [0.25, 0.3) is 0 Å². The molecule has 11 rings (SSSR count). The summed E-state index contributed by atoms with van der Waals surface area (Å²) in [6, 6.07) is 66.9. The first-order valence-corrected chi connectivity index (χ1v) is 18.0. The van der Waals surface area contributed by atoms with Crippen LogP contribution in [-0.2, 0) is 0 Å². The highest BCUT2D eigenvalue weighted by atomic mass is 16.3. The number of anilines is 3. The second-order valence-corrected chi connectivity index (χ2v) is 13.7. The minimum absolute atomic E-state index is 0.871. The summed E-state index contributed by atoms with van der Waals surface area (Å²) in [6.45, 7) is 0. The molecule has 3 heteroatoms. The highest BCUT2D eigenvalue weighted by Gasteiger charge is 2.17. The van der Waals surface area contributed by atoms with Crippen molar-refractivity contribution in [3.63, 3.8) is 0 Å². The molecule has 0 atom stereocenters. The molecular formula is C50H31NO2. The van der Waals surface area contributed by atoms with Crippen LogP contribution in [0, 0.1) is 0 Å². The Morgan fingerprint density at radius 2 is 0.755 bits per heavy atom. The van der Waals surface area contributed by atoms with Gasteiger partial charge in [0.2, 0.25) is 0 Å². The minimum Gasteiger partial charge on any atom is -0.456 e. The second-order valence-electron chi connectivity index (χ2n) is 13.7. The smallest absolute Gasteiger partial charge is 0.137 e. The third-order valence-corrected chi connectivity index (χ3v) is 10.6. The van der Waals surface area contributed by atoms with Gasteiger partial charge in [-0.3, -0.25) is 0 Å². The van der Waals surface area contributed by atoms with Crippen LogP contribution in [0.4, 0.5) is 17.1 Å². The highest BCUT2D eigenvalue weighted by Crippen LogP contribution is 2.41. The largest absolute Gasteiger partial charge is 0.456 e. The fraction of sp³-hybridized carbons (Fsp3) is 0. The Morgan fingerprint density at radius 3 is 1.45 bits per heavy atom. The zero-order chi connectivity index (χ0) is 34.9. The molecule has 0 unspecified atom stereocenters. The summed E-state index contributed by atoms with van der Waals surface area (Å²) in [6.07, 6.45) is 0. The Kier molecular flexibility index (Phi) is 6.55. The maximum absolute atomic E-state index is 6.33. The Labute approximate surface area is 305 Å².